The second-order valence-electron chi connectivity index (χ2n) is 2.39. The number of rotatable bonds is 0. The van der Waals surface area contributed by atoms with Crippen LogP contribution in [0.25, 0.3) is 0 Å². The number of hydrogen-bond acceptors (Lipinski definition) is 1. The van der Waals surface area contributed by atoms with Crippen molar-refractivity contribution < 1.29 is 44.2 Å². The second kappa shape index (κ2) is 6.38. The number of nitrogens with two attached hydrogens (primary N) is 1. The quantitative estimate of drug-likeness (QED) is 0.383. The van der Waals surface area contributed by atoms with E-state index in [2.05, 4.69) is 20.8 Å². The van der Waals surface area contributed by atoms with Crippen molar-refractivity contribution >= 4 is 0 Å². The van der Waals surface area contributed by atoms with Crippen LogP contribution in [0, 0.1) is 0 Å². The molecule has 0 heterocycles. The third-order valence-electron chi connectivity index (χ3n) is 0.433. The fourth-order valence-corrected chi connectivity index (χ4v) is 0. The first kappa shape index (κ1) is 16.1. The van der Waals surface area contributed by atoms with Crippen molar-refractivity contribution in [3.8, 4) is 0 Å². The fraction of sp³-hybridized carbons (Fsp3) is 1.00. The predicted octanol–water partition coefficient (Wildman–Crippen LogP) is -4.83. The molecule has 0 aromatic rings. The molecule has 1 nitrogen and oxygen atoms in total. The van der Waals surface area contributed by atoms with Gasteiger partial charge in [-0.1, -0.05) is 0 Å². The molecule has 0 saturated heterocycles. The Kier molecular flexibility index (Phi) is 12.8. The summed E-state index contributed by atoms with van der Waals surface area (Å²) in [7, 11) is 0. The van der Waals surface area contributed by atoms with Gasteiger partial charge in [-0.3, -0.25) is 0 Å². The van der Waals surface area contributed by atoms with Crippen LogP contribution >= 0.6 is 0 Å². The number of hydrogen-bond donors (Lipinski definition) is 1. The average Bonchev–Trinajstić information content (AvgIpc) is 1.35. The van der Waals surface area contributed by atoms with Gasteiger partial charge in [-0.2, -0.15) is 0 Å². The van der Waals surface area contributed by atoms with Crippen LogP contribution in [0.15, 0.2) is 0 Å². The summed E-state index contributed by atoms with van der Waals surface area (Å²) in [5.74, 6) is 0. The molecule has 0 aromatic carbocycles. The van der Waals surface area contributed by atoms with E-state index in [1.54, 1.807) is 0 Å². The van der Waals surface area contributed by atoms with Crippen LogP contribution in [-0.2, 0) is 19.4 Å². The minimum atomic E-state index is -0.146. The first-order valence-electron chi connectivity index (χ1n) is 2.04. The molecule has 0 fully saturated rings. The fourth-order valence-electron chi connectivity index (χ4n) is 0. The normalized spacial score (nSPS) is 8.00. The van der Waals surface area contributed by atoms with E-state index in [4.69, 9.17) is 4.22 Å². The molecule has 0 unspecified atom stereocenters. The molecule has 0 aliphatic carbocycles. The largest absolute Gasteiger partial charge is 1.00 e. The van der Waals surface area contributed by atoms with Gasteiger partial charge in [0.25, 0.3) is 0 Å². The molecular formula is C4H11Cl2NTi. The molecule has 8 heavy (non-hydrogen) atoms. The van der Waals surface area contributed by atoms with Crippen LogP contribution in [-0.4, -0.2) is 0 Å². The van der Waals surface area contributed by atoms with Gasteiger partial charge in [0.05, 0.1) is 0 Å². The molecule has 0 aliphatic heterocycles. The summed E-state index contributed by atoms with van der Waals surface area (Å²) >= 11 is -0.146. The van der Waals surface area contributed by atoms with Gasteiger partial charge < -0.3 is 24.8 Å². The smallest absolute Gasteiger partial charge is 1.00 e. The molecule has 2 N–H and O–H groups in total. The van der Waals surface area contributed by atoms with Crippen LogP contribution in [0.4, 0.5) is 0 Å². The van der Waals surface area contributed by atoms with Crippen molar-refractivity contribution in [3.63, 3.8) is 0 Å². The van der Waals surface area contributed by atoms with E-state index in [1.165, 1.54) is 0 Å². The molecule has 0 aliphatic rings. The topological polar surface area (TPSA) is 26.0 Å². The Bertz CT molecular complexity index is 43.8. The van der Waals surface area contributed by atoms with E-state index in [9.17, 15) is 0 Å². The van der Waals surface area contributed by atoms with Crippen LogP contribution in [0.2, 0.25) is 3.72 Å². The Morgan fingerprint density at radius 1 is 1.12 bits per heavy atom. The summed E-state index contributed by atoms with van der Waals surface area (Å²) in [6.07, 6.45) is 0. The summed E-state index contributed by atoms with van der Waals surface area (Å²) in [5, 5.41) is 0. The summed E-state index contributed by atoms with van der Waals surface area (Å²) < 4.78 is 5.88. The SMILES string of the molecule is C[C](C)(C)[Ti+2][NH2].[Cl-].[Cl-]. The Morgan fingerprint density at radius 3 is 1.25 bits per heavy atom. The first-order valence-corrected chi connectivity index (χ1v) is 3.72. The minimum Gasteiger partial charge on any atom is -1.00 e. The van der Waals surface area contributed by atoms with Gasteiger partial charge >= 0.3 is 48.1 Å². The average molecular weight is 192 g/mol. The van der Waals surface area contributed by atoms with E-state index in [-0.39, 0.29) is 44.2 Å². The third kappa shape index (κ3) is 15.7. The predicted molar refractivity (Wildman–Crippen MR) is 23.9 cm³/mol. The molecule has 0 aromatic heterocycles. The van der Waals surface area contributed by atoms with Crippen LogP contribution in [0.5, 0.6) is 0 Å². The van der Waals surface area contributed by atoms with Crippen molar-refractivity contribution in [2.75, 3.05) is 0 Å². The molecular weight excluding hydrogens is 181 g/mol. The summed E-state index contributed by atoms with van der Waals surface area (Å²) in [6.45, 7) is 6.52. The Balaban J connectivity index is -0.000000125. The molecule has 50 valence electrons. The van der Waals surface area contributed by atoms with E-state index in [0.29, 0.717) is 3.72 Å². The Morgan fingerprint density at radius 2 is 1.25 bits per heavy atom. The van der Waals surface area contributed by atoms with E-state index in [0.717, 1.165) is 0 Å². The summed E-state index contributed by atoms with van der Waals surface area (Å²) in [5.41, 5.74) is 0. The molecule has 0 spiro atoms. The molecule has 0 atom stereocenters. The van der Waals surface area contributed by atoms with Crippen molar-refractivity contribution in [3.05, 3.63) is 0 Å². The molecule has 0 radical (unpaired) electrons. The third-order valence-corrected chi connectivity index (χ3v) is 1.79. The first-order chi connectivity index (χ1) is 2.56. The zero-order valence-corrected chi connectivity index (χ0v) is 8.41. The van der Waals surface area contributed by atoms with Crippen molar-refractivity contribution in [1.29, 1.82) is 0 Å². The summed E-state index contributed by atoms with van der Waals surface area (Å²) in [4.78, 5) is 0. The molecule has 4 heteroatoms. The maximum atomic E-state index is 5.43. The van der Waals surface area contributed by atoms with Gasteiger partial charge in [0.2, 0.25) is 0 Å². The van der Waals surface area contributed by atoms with Crippen LogP contribution in [0.1, 0.15) is 20.8 Å². The summed E-state index contributed by atoms with van der Waals surface area (Å²) in [6, 6.07) is 0. The standard InChI is InChI=1S/C4H9.2ClH.H2N.Ti/c1-4(2)3;;;;/h1-3H3;2*1H;1H2;/q;;;-1;+3/p-2. The van der Waals surface area contributed by atoms with Gasteiger partial charge in [0.15, 0.2) is 0 Å². The second-order valence-corrected chi connectivity index (χ2v) is 5.19. The zero-order chi connectivity index (χ0) is 5.21. The molecule has 0 saturated carbocycles. The van der Waals surface area contributed by atoms with Gasteiger partial charge in [0, 0.05) is 0 Å². The molecule has 0 rings (SSSR count). The zero-order valence-electron chi connectivity index (χ0n) is 5.33. The monoisotopic (exact) mass is 191 g/mol. The van der Waals surface area contributed by atoms with Gasteiger partial charge in [-0.05, 0) is 0 Å². The van der Waals surface area contributed by atoms with Gasteiger partial charge in [0.1, 0.15) is 0 Å². The van der Waals surface area contributed by atoms with Gasteiger partial charge in [-0.25, -0.2) is 0 Å². The van der Waals surface area contributed by atoms with E-state index in [1.807, 2.05) is 0 Å². The van der Waals surface area contributed by atoms with Crippen LogP contribution in [0.3, 0.4) is 0 Å². The van der Waals surface area contributed by atoms with Gasteiger partial charge in [-0.15, -0.1) is 0 Å². The Labute approximate surface area is 72.8 Å². The maximum Gasteiger partial charge on any atom is -1.00 e. The van der Waals surface area contributed by atoms with Crippen molar-refractivity contribution in [2.45, 2.75) is 24.5 Å². The number of halogens is 2. The molecule has 0 amide bonds. The Hall–Kier alpha value is 1.25. The maximum absolute atomic E-state index is 5.43. The van der Waals surface area contributed by atoms with Crippen molar-refractivity contribution in [1.82, 2.24) is 0 Å². The van der Waals surface area contributed by atoms with E-state index >= 15 is 0 Å². The molecule has 0 bridgehead atoms. The van der Waals surface area contributed by atoms with Crippen LogP contribution < -0.4 is 29.0 Å². The van der Waals surface area contributed by atoms with Crippen molar-refractivity contribution in [2.24, 2.45) is 4.22 Å². The minimum absolute atomic E-state index is 0. The van der Waals surface area contributed by atoms with E-state index < -0.39 is 0 Å².